The maximum atomic E-state index is 14.3. The van der Waals surface area contributed by atoms with Crippen molar-refractivity contribution in [3.63, 3.8) is 0 Å². The van der Waals surface area contributed by atoms with Gasteiger partial charge in [0.15, 0.2) is 11.6 Å². The lowest BCUT2D eigenvalue weighted by atomic mass is 9.99. The molecule has 2 rings (SSSR count). The molecule has 0 heterocycles. The Morgan fingerprint density at radius 2 is 1.79 bits per heavy atom. The van der Waals surface area contributed by atoms with Gasteiger partial charge < -0.3 is 10.1 Å². The highest BCUT2D eigenvalue weighted by Gasteiger charge is 2.12. The quantitative estimate of drug-likeness (QED) is 0.885. The van der Waals surface area contributed by atoms with Crippen molar-refractivity contribution in [2.75, 3.05) is 13.7 Å². The van der Waals surface area contributed by atoms with E-state index >= 15 is 0 Å². The van der Waals surface area contributed by atoms with Crippen LogP contribution in [-0.2, 0) is 6.54 Å². The Morgan fingerprint density at radius 3 is 2.53 bits per heavy atom. The summed E-state index contributed by atoms with van der Waals surface area (Å²) < 4.78 is 19.4. The van der Waals surface area contributed by atoms with Crippen LogP contribution >= 0.6 is 0 Å². The molecule has 2 nitrogen and oxygen atoms in total. The number of rotatable bonds is 5. The van der Waals surface area contributed by atoms with Gasteiger partial charge in [-0.15, -0.1) is 0 Å². The van der Waals surface area contributed by atoms with Gasteiger partial charge in [0, 0.05) is 12.1 Å². The van der Waals surface area contributed by atoms with Crippen LogP contribution in [0.15, 0.2) is 42.5 Å². The molecule has 0 saturated carbocycles. The van der Waals surface area contributed by atoms with E-state index in [9.17, 15) is 4.39 Å². The number of hydrogen-bond acceptors (Lipinski definition) is 2. The molecule has 0 radical (unpaired) electrons. The fourth-order valence-electron chi connectivity index (χ4n) is 2.07. The Hall–Kier alpha value is -1.87. The zero-order chi connectivity index (χ0) is 13.7. The molecule has 0 aliphatic rings. The molecule has 0 fully saturated rings. The summed E-state index contributed by atoms with van der Waals surface area (Å²) in [5.74, 6) is -0.0373. The van der Waals surface area contributed by atoms with Gasteiger partial charge in [0.2, 0.25) is 0 Å². The van der Waals surface area contributed by atoms with Gasteiger partial charge in [-0.05, 0) is 23.7 Å². The molecule has 0 amide bonds. The molecule has 0 spiro atoms. The number of benzene rings is 2. The molecule has 3 heteroatoms. The molecule has 0 bridgehead atoms. The number of hydrogen-bond donors (Lipinski definition) is 1. The smallest absolute Gasteiger partial charge is 0.172 e. The minimum Gasteiger partial charge on any atom is -0.494 e. The second-order valence-electron chi connectivity index (χ2n) is 4.26. The first kappa shape index (κ1) is 13.6. The predicted molar refractivity (Wildman–Crippen MR) is 75.8 cm³/mol. The zero-order valence-electron chi connectivity index (χ0n) is 11.2. The van der Waals surface area contributed by atoms with E-state index in [-0.39, 0.29) is 11.6 Å². The van der Waals surface area contributed by atoms with Crippen LogP contribution in [0.3, 0.4) is 0 Å². The summed E-state index contributed by atoms with van der Waals surface area (Å²) in [5, 5.41) is 3.27. The molecule has 0 aliphatic carbocycles. The van der Waals surface area contributed by atoms with Crippen molar-refractivity contribution in [3.05, 3.63) is 53.8 Å². The molecular weight excluding hydrogens is 241 g/mol. The molecule has 0 aliphatic heterocycles. The van der Waals surface area contributed by atoms with Crippen molar-refractivity contribution < 1.29 is 9.13 Å². The highest BCUT2D eigenvalue weighted by Crippen LogP contribution is 2.31. The molecular formula is C16H18FNO. The van der Waals surface area contributed by atoms with Gasteiger partial charge in [0.05, 0.1) is 7.11 Å². The standard InChI is InChI=1S/C16H18FNO/c1-3-18-11-12-7-4-5-8-13(12)14-9-6-10-15(19-2)16(14)17/h4-10,18H,3,11H2,1-2H3. The number of methoxy groups -OCH3 is 1. The van der Waals surface area contributed by atoms with Crippen LogP contribution in [0, 0.1) is 5.82 Å². The maximum Gasteiger partial charge on any atom is 0.172 e. The minimum atomic E-state index is -0.311. The lowest BCUT2D eigenvalue weighted by Gasteiger charge is -2.12. The summed E-state index contributed by atoms with van der Waals surface area (Å²) in [6, 6.07) is 13.1. The van der Waals surface area contributed by atoms with Crippen LogP contribution in [0.2, 0.25) is 0 Å². The van der Waals surface area contributed by atoms with Gasteiger partial charge in [-0.1, -0.05) is 43.3 Å². The molecule has 0 unspecified atom stereocenters. The van der Waals surface area contributed by atoms with Gasteiger partial charge in [0.25, 0.3) is 0 Å². The van der Waals surface area contributed by atoms with Gasteiger partial charge in [-0.3, -0.25) is 0 Å². The first-order chi connectivity index (χ1) is 9.27. The Labute approximate surface area is 113 Å². The topological polar surface area (TPSA) is 21.3 Å². The van der Waals surface area contributed by atoms with Crippen molar-refractivity contribution in [3.8, 4) is 16.9 Å². The molecule has 2 aromatic carbocycles. The van der Waals surface area contributed by atoms with Gasteiger partial charge in [0.1, 0.15) is 0 Å². The van der Waals surface area contributed by atoms with E-state index in [1.165, 1.54) is 7.11 Å². The summed E-state index contributed by atoms with van der Waals surface area (Å²) in [7, 11) is 1.48. The molecule has 0 atom stereocenters. The fourth-order valence-corrected chi connectivity index (χ4v) is 2.07. The normalized spacial score (nSPS) is 10.5. The van der Waals surface area contributed by atoms with Crippen LogP contribution in [0.5, 0.6) is 5.75 Å². The van der Waals surface area contributed by atoms with Crippen molar-refractivity contribution >= 4 is 0 Å². The molecule has 0 aromatic heterocycles. The van der Waals surface area contributed by atoms with E-state index in [2.05, 4.69) is 12.2 Å². The minimum absolute atomic E-state index is 0.274. The predicted octanol–water partition coefficient (Wildman–Crippen LogP) is 3.61. The molecule has 2 aromatic rings. The van der Waals surface area contributed by atoms with E-state index in [1.807, 2.05) is 24.3 Å². The maximum absolute atomic E-state index is 14.3. The van der Waals surface area contributed by atoms with E-state index < -0.39 is 0 Å². The van der Waals surface area contributed by atoms with E-state index in [0.29, 0.717) is 5.56 Å². The van der Waals surface area contributed by atoms with Gasteiger partial charge in [-0.2, -0.15) is 0 Å². The third-order valence-electron chi connectivity index (χ3n) is 3.06. The van der Waals surface area contributed by atoms with Crippen LogP contribution < -0.4 is 10.1 Å². The number of halogens is 1. The SMILES string of the molecule is CCNCc1ccccc1-c1cccc(OC)c1F. The van der Waals surface area contributed by atoms with Crippen LogP contribution in [0.25, 0.3) is 11.1 Å². The van der Waals surface area contributed by atoms with Gasteiger partial charge >= 0.3 is 0 Å². The van der Waals surface area contributed by atoms with Crippen LogP contribution in [-0.4, -0.2) is 13.7 Å². The average molecular weight is 259 g/mol. The molecule has 0 saturated heterocycles. The second-order valence-corrected chi connectivity index (χ2v) is 4.26. The monoisotopic (exact) mass is 259 g/mol. The lowest BCUT2D eigenvalue weighted by molar-refractivity contribution is 0.387. The van der Waals surface area contributed by atoms with Crippen molar-refractivity contribution in [1.29, 1.82) is 0 Å². The van der Waals surface area contributed by atoms with E-state index in [0.717, 1.165) is 24.2 Å². The molecule has 19 heavy (non-hydrogen) atoms. The molecule has 1 N–H and O–H groups in total. The summed E-state index contributed by atoms with van der Waals surface area (Å²) in [4.78, 5) is 0. The highest BCUT2D eigenvalue weighted by atomic mass is 19.1. The fraction of sp³-hybridized carbons (Fsp3) is 0.250. The Balaban J connectivity index is 2.46. The van der Waals surface area contributed by atoms with Gasteiger partial charge in [-0.25, -0.2) is 4.39 Å². The summed E-state index contributed by atoms with van der Waals surface area (Å²) in [5.41, 5.74) is 2.56. The number of nitrogens with one attached hydrogen (secondary N) is 1. The lowest BCUT2D eigenvalue weighted by Crippen LogP contribution is -2.12. The third kappa shape index (κ3) is 2.93. The van der Waals surface area contributed by atoms with Crippen LogP contribution in [0.1, 0.15) is 12.5 Å². The first-order valence-corrected chi connectivity index (χ1v) is 6.39. The zero-order valence-corrected chi connectivity index (χ0v) is 11.2. The Morgan fingerprint density at radius 1 is 1.05 bits per heavy atom. The average Bonchev–Trinajstić information content (AvgIpc) is 2.46. The second kappa shape index (κ2) is 6.34. The highest BCUT2D eigenvalue weighted by molar-refractivity contribution is 5.69. The van der Waals surface area contributed by atoms with Crippen LogP contribution in [0.4, 0.5) is 4.39 Å². The summed E-state index contributed by atoms with van der Waals surface area (Å²) in [6.07, 6.45) is 0. The summed E-state index contributed by atoms with van der Waals surface area (Å²) in [6.45, 7) is 3.66. The largest absolute Gasteiger partial charge is 0.494 e. The van der Waals surface area contributed by atoms with Crippen molar-refractivity contribution in [1.82, 2.24) is 5.32 Å². The van der Waals surface area contributed by atoms with Crippen molar-refractivity contribution in [2.24, 2.45) is 0 Å². The Kier molecular flexibility index (Phi) is 4.53. The molecule has 100 valence electrons. The third-order valence-corrected chi connectivity index (χ3v) is 3.06. The summed E-state index contributed by atoms with van der Waals surface area (Å²) >= 11 is 0. The van der Waals surface area contributed by atoms with E-state index in [4.69, 9.17) is 4.74 Å². The van der Waals surface area contributed by atoms with E-state index in [1.54, 1.807) is 18.2 Å². The Bertz CT molecular complexity index is 554. The number of ether oxygens (including phenoxy) is 1. The first-order valence-electron chi connectivity index (χ1n) is 6.39. The van der Waals surface area contributed by atoms with Crippen molar-refractivity contribution in [2.45, 2.75) is 13.5 Å².